The quantitative estimate of drug-likeness (QED) is 0.463. The van der Waals surface area contributed by atoms with E-state index in [2.05, 4.69) is 15.6 Å². The minimum absolute atomic E-state index is 0.0801. The van der Waals surface area contributed by atoms with Gasteiger partial charge in [-0.25, -0.2) is 4.98 Å². The van der Waals surface area contributed by atoms with Crippen molar-refractivity contribution < 1.29 is 4.79 Å². The summed E-state index contributed by atoms with van der Waals surface area (Å²) in [5.74, 6) is 0.160. The lowest BCUT2D eigenvalue weighted by atomic mass is 10.1. The van der Waals surface area contributed by atoms with E-state index in [0.29, 0.717) is 28.6 Å². The van der Waals surface area contributed by atoms with Gasteiger partial charge in [0.25, 0.3) is 11.5 Å². The van der Waals surface area contributed by atoms with Crippen LogP contribution in [0.4, 0.5) is 11.5 Å². The van der Waals surface area contributed by atoms with Gasteiger partial charge in [0, 0.05) is 36.4 Å². The molecule has 0 fully saturated rings. The molecule has 31 heavy (non-hydrogen) atoms. The SMILES string of the molecule is O=C(Nc1ccc(Cl)cn1)c1ccccc1NCc1ccc(-n2ccccc2=O)cc1. The third-order valence-corrected chi connectivity index (χ3v) is 4.88. The first kappa shape index (κ1) is 20.4. The summed E-state index contributed by atoms with van der Waals surface area (Å²) in [4.78, 5) is 28.8. The lowest BCUT2D eigenvalue weighted by molar-refractivity contribution is 0.102. The molecule has 154 valence electrons. The summed E-state index contributed by atoms with van der Waals surface area (Å²) in [5.41, 5.74) is 2.94. The average Bonchev–Trinajstić information content (AvgIpc) is 2.80. The number of anilines is 2. The molecule has 0 saturated heterocycles. The molecule has 2 aromatic carbocycles. The van der Waals surface area contributed by atoms with Gasteiger partial charge in [-0.15, -0.1) is 0 Å². The Kier molecular flexibility index (Phi) is 6.10. The molecule has 0 radical (unpaired) electrons. The number of halogens is 1. The summed E-state index contributed by atoms with van der Waals surface area (Å²) >= 11 is 5.84. The van der Waals surface area contributed by atoms with Crippen LogP contribution in [0.25, 0.3) is 5.69 Å². The highest BCUT2D eigenvalue weighted by Crippen LogP contribution is 2.19. The summed E-state index contributed by atoms with van der Waals surface area (Å²) in [6.45, 7) is 0.521. The van der Waals surface area contributed by atoms with Crippen LogP contribution in [0.5, 0.6) is 0 Å². The molecule has 0 bridgehead atoms. The van der Waals surface area contributed by atoms with Gasteiger partial charge in [-0.1, -0.05) is 41.9 Å². The van der Waals surface area contributed by atoms with Gasteiger partial charge >= 0.3 is 0 Å². The van der Waals surface area contributed by atoms with Crippen molar-refractivity contribution in [2.45, 2.75) is 6.54 Å². The monoisotopic (exact) mass is 430 g/mol. The summed E-state index contributed by atoms with van der Waals surface area (Å²) in [6, 6.07) is 23.3. The minimum Gasteiger partial charge on any atom is -0.380 e. The molecule has 2 aromatic heterocycles. The standard InChI is InChI=1S/C24H19ClN4O2/c25-18-10-13-22(27-16-18)28-24(31)20-5-1-2-6-21(20)26-15-17-8-11-19(12-9-17)29-14-4-3-7-23(29)30/h1-14,16,26H,15H2,(H,27,28,31). The number of nitrogens with zero attached hydrogens (tertiary/aromatic N) is 2. The van der Waals surface area contributed by atoms with E-state index in [0.717, 1.165) is 11.3 Å². The molecule has 1 amide bonds. The van der Waals surface area contributed by atoms with Crippen LogP contribution in [0, 0.1) is 0 Å². The summed E-state index contributed by atoms with van der Waals surface area (Å²) in [6.07, 6.45) is 3.22. The van der Waals surface area contributed by atoms with E-state index in [1.165, 1.54) is 12.3 Å². The minimum atomic E-state index is -0.267. The Morgan fingerprint density at radius 3 is 2.45 bits per heavy atom. The van der Waals surface area contributed by atoms with Gasteiger partial charge in [-0.2, -0.15) is 0 Å². The smallest absolute Gasteiger partial charge is 0.258 e. The lowest BCUT2D eigenvalue weighted by Gasteiger charge is -2.13. The second-order valence-corrected chi connectivity index (χ2v) is 7.23. The van der Waals surface area contributed by atoms with Crippen molar-refractivity contribution in [1.29, 1.82) is 0 Å². The van der Waals surface area contributed by atoms with Crippen LogP contribution in [-0.2, 0) is 6.54 Å². The van der Waals surface area contributed by atoms with E-state index in [-0.39, 0.29) is 11.5 Å². The number of rotatable bonds is 6. The van der Waals surface area contributed by atoms with Gasteiger partial charge in [0.2, 0.25) is 0 Å². The van der Waals surface area contributed by atoms with Crippen molar-refractivity contribution in [3.05, 3.63) is 118 Å². The van der Waals surface area contributed by atoms with Crippen LogP contribution in [0.3, 0.4) is 0 Å². The first-order valence-electron chi connectivity index (χ1n) is 9.63. The van der Waals surface area contributed by atoms with Crippen LogP contribution in [0.1, 0.15) is 15.9 Å². The highest BCUT2D eigenvalue weighted by atomic mass is 35.5. The number of hydrogen-bond donors (Lipinski definition) is 2. The number of pyridine rings is 2. The molecule has 0 spiro atoms. The van der Waals surface area contributed by atoms with E-state index in [9.17, 15) is 9.59 Å². The van der Waals surface area contributed by atoms with Gasteiger partial charge in [0.05, 0.1) is 10.6 Å². The van der Waals surface area contributed by atoms with E-state index in [4.69, 9.17) is 11.6 Å². The molecule has 4 rings (SSSR count). The first-order chi connectivity index (χ1) is 15.1. The van der Waals surface area contributed by atoms with Crippen LogP contribution in [0.2, 0.25) is 5.02 Å². The fourth-order valence-corrected chi connectivity index (χ4v) is 3.19. The Labute approximate surface area is 184 Å². The number of nitrogens with one attached hydrogen (secondary N) is 2. The van der Waals surface area contributed by atoms with Crippen molar-refractivity contribution in [3.8, 4) is 5.69 Å². The maximum atomic E-state index is 12.7. The zero-order valence-corrected chi connectivity index (χ0v) is 17.2. The fourth-order valence-electron chi connectivity index (χ4n) is 3.08. The van der Waals surface area contributed by atoms with Gasteiger partial charge < -0.3 is 10.6 Å². The van der Waals surface area contributed by atoms with Crippen LogP contribution in [-0.4, -0.2) is 15.5 Å². The second-order valence-electron chi connectivity index (χ2n) is 6.79. The number of para-hydroxylation sites is 1. The normalized spacial score (nSPS) is 10.5. The molecule has 2 N–H and O–H groups in total. The van der Waals surface area contributed by atoms with Crippen LogP contribution in [0.15, 0.2) is 96.1 Å². The van der Waals surface area contributed by atoms with Gasteiger partial charge in [-0.05, 0) is 48.0 Å². The van der Waals surface area contributed by atoms with Crippen molar-refractivity contribution in [3.63, 3.8) is 0 Å². The van der Waals surface area contributed by atoms with E-state index < -0.39 is 0 Å². The Morgan fingerprint density at radius 1 is 0.935 bits per heavy atom. The molecule has 4 aromatic rings. The van der Waals surface area contributed by atoms with Crippen LogP contribution >= 0.6 is 11.6 Å². The molecular weight excluding hydrogens is 412 g/mol. The molecule has 0 aliphatic rings. The van der Waals surface area contributed by atoms with E-state index in [1.807, 2.05) is 48.5 Å². The zero-order chi connectivity index (χ0) is 21.6. The second kappa shape index (κ2) is 9.28. The van der Waals surface area contributed by atoms with Crippen LogP contribution < -0.4 is 16.2 Å². The molecule has 6 nitrogen and oxygen atoms in total. The Morgan fingerprint density at radius 2 is 1.71 bits per heavy atom. The first-order valence-corrected chi connectivity index (χ1v) is 10.0. The molecule has 0 unspecified atom stereocenters. The zero-order valence-electron chi connectivity index (χ0n) is 16.5. The highest BCUT2D eigenvalue weighted by Gasteiger charge is 2.12. The number of carbonyl (C=O) groups is 1. The number of carbonyl (C=O) groups excluding carboxylic acids is 1. The predicted molar refractivity (Wildman–Crippen MR) is 123 cm³/mol. The van der Waals surface area contributed by atoms with Crippen molar-refractivity contribution in [2.24, 2.45) is 0 Å². The maximum Gasteiger partial charge on any atom is 0.258 e. The fraction of sp³-hybridized carbons (Fsp3) is 0.0417. The number of hydrogen-bond acceptors (Lipinski definition) is 4. The largest absolute Gasteiger partial charge is 0.380 e. The predicted octanol–water partition coefficient (Wildman–Crippen LogP) is 4.75. The Balaban J connectivity index is 1.45. The third kappa shape index (κ3) is 4.99. The van der Waals surface area contributed by atoms with Crippen molar-refractivity contribution >= 4 is 29.0 Å². The summed E-state index contributed by atoms with van der Waals surface area (Å²) in [7, 11) is 0. The molecular formula is C24H19ClN4O2. The summed E-state index contributed by atoms with van der Waals surface area (Å²) in [5, 5.41) is 6.58. The average molecular weight is 431 g/mol. The topological polar surface area (TPSA) is 76.0 Å². The molecule has 0 saturated carbocycles. The van der Waals surface area contributed by atoms with Gasteiger partial charge in [-0.3, -0.25) is 14.2 Å². The third-order valence-electron chi connectivity index (χ3n) is 4.66. The van der Waals surface area contributed by atoms with Gasteiger partial charge in [0.15, 0.2) is 0 Å². The van der Waals surface area contributed by atoms with Gasteiger partial charge in [0.1, 0.15) is 5.82 Å². The molecule has 0 aliphatic carbocycles. The highest BCUT2D eigenvalue weighted by molar-refractivity contribution is 6.30. The molecule has 2 heterocycles. The lowest BCUT2D eigenvalue weighted by Crippen LogP contribution is -2.16. The molecule has 7 heteroatoms. The van der Waals surface area contributed by atoms with E-state index >= 15 is 0 Å². The molecule has 0 aliphatic heterocycles. The van der Waals surface area contributed by atoms with E-state index in [1.54, 1.807) is 35.0 Å². The Hall–Kier alpha value is -3.90. The summed E-state index contributed by atoms with van der Waals surface area (Å²) < 4.78 is 1.58. The number of amides is 1. The number of aromatic nitrogens is 2. The van der Waals surface area contributed by atoms with Crippen molar-refractivity contribution in [2.75, 3.05) is 10.6 Å². The molecule has 0 atom stereocenters. The maximum absolute atomic E-state index is 12.7. The number of benzene rings is 2. The van der Waals surface area contributed by atoms with Crippen molar-refractivity contribution in [1.82, 2.24) is 9.55 Å². The Bertz CT molecular complexity index is 1250.